The van der Waals surface area contributed by atoms with Crippen molar-refractivity contribution in [1.82, 2.24) is 5.32 Å². The van der Waals surface area contributed by atoms with E-state index >= 15 is 0 Å². The Bertz CT molecular complexity index is 568. The fourth-order valence-electron chi connectivity index (χ4n) is 2.60. The Kier molecular flexibility index (Phi) is 5.48. The maximum atomic E-state index is 10.1. The number of benzene rings is 2. The molecule has 2 aromatic rings. The molecule has 2 aromatic carbocycles. The number of hydrogen-bond donors (Lipinski definition) is 2. The molecule has 1 saturated heterocycles. The van der Waals surface area contributed by atoms with E-state index in [9.17, 15) is 5.11 Å². The van der Waals surface area contributed by atoms with Crippen LogP contribution >= 0.6 is 12.4 Å². The quantitative estimate of drug-likeness (QED) is 0.902. The second-order valence-corrected chi connectivity index (χ2v) is 5.14. The standard InChI is InChI=1S/C17H19NO2.ClH/c19-17-11-14(20-12-13-5-2-1-3-6-13)8-9-15(17)16-7-4-10-18-16;/h1-3,5-6,8-9,11,16,18-19H,4,7,10,12H2;1H/t16-;/m1./s1. The van der Waals surface area contributed by atoms with Crippen molar-refractivity contribution in [2.24, 2.45) is 0 Å². The van der Waals surface area contributed by atoms with Gasteiger partial charge in [-0.05, 0) is 31.0 Å². The monoisotopic (exact) mass is 305 g/mol. The van der Waals surface area contributed by atoms with Gasteiger partial charge >= 0.3 is 0 Å². The topological polar surface area (TPSA) is 41.5 Å². The Balaban J connectivity index is 0.00000161. The molecule has 1 heterocycles. The lowest BCUT2D eigenvalue weighted by molar-refractivity contribution is 0.304. The molecule has 0 unspecified atom stereocenters. The van der Waals surface area contributed by atoms with E-state index in [4.69, 9.17) is 4.74 Å². The molecule has 2 N–H and O–H groups in total. The molecule has 1 aliphatic heterocycles. The molecule has 0 radical (unpaired) electrons. The van der Waals surface area contributed by atoms with Crippen LogP contribution in [0.2, 0.25) is 0 Å². The molecule has 0 spiro atoms. The predicted molar refractivity (Wildman–Crippen MR) is 86.1 cm³/mol. The van der Waals surface area contributed by atoms with E-state index < -0.39 is 0 Å². The third-order valence-electron chi connectivity index (χ3n) is 3.69. The number of phenols is 1. The molecule has 3 nitrogen and oxygen atoms in total. The van der Waals surface area contributed by atoms with E-state index in [1.807, 2.05) is 42.5 Å². The third kappa shape index (κ3) is 3.90. The lowest BCUT2D eigenvalue weighted by Crippen LogP contribution is -2.12. The molecule has 1 fully saturated rings. The normalized spacial score (nSPS) is 17.2. The zero-order chi connectivity index (χ0) is 13.8. The van der Waals surface area contributed by atoms with E-state index in [0.29, 0.717) is 18.1 Å². The molecule has 1 atom stereocenters. The van der Waals surface area contributed by atoms with E-state index in [1.165, 1.54) is 0 Å². The van der Waals surface area contributed by atoms with Gasteiger partial charge in [0.2, 0.25) is 0 Å². The molecule has 0 amide bonds. The molecule has 0 aliphatic carbocycles. The van der Waals surface area contributed by atoms with E-state index in [0.717, 1.165) is 30.5 Å². The highest BCUT2D eigenvalue weighted by Gasteiger charge is 2.19. The first-order valence-corrected chi connectivity index (χ1v) is 7.06. The summed E-state index contributed by atoms with van der Waals surface area (Å²) in [5.41, 5.74) is 2.09. The van der Waals surface area contributed by atoms with Crippen LogP contribution in [0.4, 0.5) is 0 Å². The van der Waals surface area contributed by atoms with Gasteiger partial charge in [-0.25, -0.2) is 0 Å². The van der Waals surface area contributed by atoms with Crippen molar-refractivity contribution in [1.29, 1.82) is 0 Å². The molecule has 1 aliphatic rings. The van der Waals surface area contributed by atoms with Gasteiger partial charge < -0.3 is 15.2 Å². The summed E-state index contributed by atoms with van der Waals surface area (Å²) in [5, 5.41) is 13.5. The van der Waals surface area contributed by atoms with Crippen LogP contribution < -0.4 is 10.1 Å². The van der Waals surface area contributed by atoms with E-state index in [1.54, 1.807) is 6.07 Å². The fraction of sp³-hybridized carbons (Fsp3) is 0.294. The van der Waals surface area contributed by atoms with Crippen molar-refractivity contribution in [2.45, 2.75) is 25.5 Å². The van der Waals surface area contributed by atoms with Gasteiger partial charge in [0, 0.05) is 17.7 Å². The Labute approximate surface area is 131 Å². The van der Waals surface area contributed by atoms with Crippen LogP contribution in [0, 0.1) is 0 Å². The van der Waals surface area contributed by atoms with Crippen LogP contribution in [0.5, 0.6) is 11.5 Å². The smallest absolute Gasteiger partial charge is 0.124 e. The minimum Gasteiger partial charge on any atom is -0.507 e. The maximum Gasteiger partial charge on any atom is 0.124 e. The maximum absolute atomic E-state index is 10.1. The van der Waals surface area contributed by atoms with Crippen LogP contribution in [-0.2, 0) is 6.61 Å². The van der Waals surface area contributed by atoms with Crippen LogP contribution in [0.15, 0.2) is 48.5 Å². The molecule has 0 aromatic heterocycles. The average molecular weight is 306 g/mol. The molecular formula is C17H20ClNO2. The molecule has 4 heteroatoms. The average Bonchev–Trinajstić information content (AvgIpc) is 3.00. The van der Waals surface area contributed by atoms with Gasteiger partial charge in [0.1, 0.15) is 18.1 Å². The third-order valence-corrected chi connectivity index (χ3v) is 3.69. The number of phenolic OH excluding ortho intramolecular Hbond substituents is 1. The van der Waals surface area contributed by atoms with Crippen LogP contribution in [-0.4, -0.2) is 11.7 Å². The van der Waals surface area contributed by atoms with Gasteiger partial charge in [0.05, 0.1) is 0 Å². The molecular weight excluding hydrogens is 286 g/mol. The van der Waals surface area contributed by atoms with Crippen molar-refractivity contribution in [3.05, 3.63) is 59.7 Å². The Morgan fingerprint density at radius 1 is 1.14 bits per heavy atom. The number of ether oxygens (including phenoxy) is 1. The number of halogens is 1. The minimum atomic E-state index is 0. The van der Waals surface area contributed by atoms with Gasteiger partial charge in [-0.1, -0.05) is 36.4 Å². The van der Waals surface area contributed by atoms with Gasteiger partial charge in [-0.2, -0.15) is 0 Å². The van der Waals surface area contributed by atoms with Gasteiger partial charge in [0.15, 0.2) is 0 Å². The number of aromatic hydroxyl groups is 1. The summed E-state index contributed by atoms with van der Waals surface area (Å²) in [4.78, 5) is 0. The fourth-order valence-corrected chi connectivity index (χ4v) is 2.60. The van der Waals surface area contributed by atoms with Crippen molar-refractivity contribution in [3.63, 3.8) is 0 Å². The van der Waals surface area contributed by atoms with Gasteiger partial charge in [-0.15, -0.1) is 12.4 Å². The summed E-state index contributed by atoms with van der Waals surface area (Å²) in [5.74, 6) is 1.02. The Hall–Kier alpha value is -1.71. The predicted octanol–water partition coefficient (Wildman–Crippen LogP) is 3.82. The van der Waals surface area contributed by atoms with Crippen molar-refractivity contribution in [2.75, 3.05) is 6.54 Å². The second kappa shape index (κ2) is 7.34. The number of hydrogen-bond acceptors (Lipinski definition) is 3. The van der Waals surface area contributed by atoms with Crippen LogP contribution in [0.25, 0.3) is 0 Å². The first-order chi connectivity index (χ1) is 9.83. The largest absolute Gasteiger partial charge is 0.507 e. The summed E-state index contributed by atoms with van der Waals surface area (Å²) in [7, 11) is 0. The summed E-state index contributed by atoms with van der Waals surface area (Å²) < 4.78 is 5.71. The first-order valence-electron chi connectivity index (χ1n) is 7.06. The lowest BCUT2D eigenvalue weighted by Gasteiger charge is -2.14. The summed E-state index contributed by atoms with van der Waals surface area (Å²) in [6.45, 7) is 1.54. The minimum absolute atomic E-state index is 0. The van der Waals surface area contributed by atoms with Gasteiger partial charge in [0.25, 0.3) is 0 Å². The van der Waals surface area contributed by atoms with Crippen molar-refractivity contribution < 1.29 is 9.84 Å². The van der Waals surface area contributed by atoms with Crippen molar-refractivity contribution in [3.8, 4) is 11.5 Å². The molecule has 3 rings (SSSR count). The SMILES string of the molecule is Cl.Oc1cc(OCc2ccccc2)ccc1[C@H]1CCCN1. The lowest BCUT2D eigenvalue weighted by atomic mass is 10.0. The molecule has 0 bridgehead atoms. The highest BCUT2D eigenvalue weighted by molar-refractivity contribution is 5.85. The summed E-state index contributed by atoms with van der Waals surface area (Å²) in [6.07, 6.45) is 2.24. The molecule has 0 saturated carbocycles. The van der Waals surface area contributed by atoms with Crippen molar-refractivity contribution >= 4 is 12.4 Å². The number of rotatable bonds is 4. The van der Waals surface area contributed by atoms with Gasteiger partial charge in [-0.3, -0.25) is 0 Å². The Morgan fingerprint density at radius 3 is 2.62 bits per heavy atom. The summed E-state index contributed by atoms with van der Waals surface area (Å²) >= 11 is 0. The summed E-state index contributed by atoms with van der Waals surface area (Å²) in [6, 6.07) is 15.9. The van der Waals surface area contributed by atoms with Crippen LogP contribution in [0.3, 0.4) is 0 Å². The van der Waals surface area contributed by atoms with E-state index in [2.05, 4.69) is 5.32 Å². The molecule has 21 heavy (non-hydrogen) atoms. The second-order valence-electron chi connectivity index (χ2n) is 5.14. The zero-order valence-corrected chi connectivity index (χ0v) is 12.6. The highest BCUT2D eigenvalue weighted by Crippen LogP contribution is 2.32. The van der Waals surface area contributed by atoms with Crippen LogP contribution in [0.1, 0.15) is 30.0 Å². The number of nitrogens with one attached hydrogen (secondary N) is 1. The van der Waals surface area contributed by atoms with E-state index in [-0.39, 0.29) is 18.4 Å². The molecule has 112 valence electrons. The highest BCUT2D eigenvalue weighted by atomic mass is 35.5. The first kappa shape index (κ1) is 15.7. The zero-order valence-electron chi connectivity index (χ0n) is 11.8. The Morgan fingerprint density at radius 2 is 1.95 bits per heavy atom.